The van der Waals surface area contributed by atoms with Crippen molar-refractivity contribution in [1.29, 1.82) is 0 Å². The van der Waals surface area contributed by atoms with Crippen LogP contribution in [0.15, 0.2) is 61.1 Å². The zero-order valence-corrected chi connectivity index (χ0v) is 24.2. The number of nitrogens with one attached hydrogen (secondary N) is 2. The summed E-state index contributed by atoms with van der Waals surface area (Å²) in [5.41, 5.74) is 5.69. The largest absolute Gasteiger partial charge is 0.490 e. The smallest absolute Gasteiger partial charge is 0.417 e. The molecule has 16 heteroatoms. The van der Waals surface area contributed by atoms with E-state index in [4.69, 9.17) is 4.74 Å². The predicted octanol–water partition coefficient (Wildman–Crippen LogP) is 3.58. The van der Waals surface area contributed by atoms with Crippen molar-refractivity contribution in [3.63, 3.8) is 0 Å². The second kappa shape index (κ2) is 12.4. The van der Waals surface area contributed by atoms with Crippen LogP contribution in [0, 0.1) is 5.92 Å². The van der Waals surface area contributed by atoms with Crippen molar-refractivity contribution in [3.05, 3.63) is 83.3 Å². The van der Waals surface area contributed by atoms with Crippen LogP contribution >= 0.6 is 0 Å². The molecule has 2 saturated heterocycles. The third-order valence-electron chi connectivity index (χ3n) is 8.47. The first-order valence-corrected chi connectivity index (χ1v) is 14.5. The molecule has 244 valence electrons. The second-order valence-electron chi connectivity index (χ2n) is 11.2. The fourth-order valence-electron chi connectivity index (χ4n) is 6.16. The van der Waals surface area contributed by atoms with Crippen LogP contribution in [-0.2, 0) is 17.5 Å². The number of nitrogens with zero attached hydrogens (tertiary/aromatic N) is 5. The van der Waals surface area contributed by atoms with Crippen LogP contribution in [0.25, 0.3) is 0 Å². The first kappa shape index (κ1) is 31.5. The number of carbonyl (C=O) groups excluding carboxylic acids is 2. The summed E-state index contributed by atoms with van der Waals surface area (Å²) in [6, 6.07) is 9.23. The summed E-state index contributed by atoms with van der Waals surface area (Å²) < 4.78 is 86.7. The number of halogens is 6. The molecule has 2 amide bonds. The van der Waals surface area contributed by atoms with Crippen LogP contribution in [0.5, 0.6) is 5.75 Å². The van der Waals surface area contributed by atoms with E-state index in [1.807, 2.05) is 12.1 Å². The van der Waals surface area contributed by atoms with Gasteiger partial charge in [-0.3, -0.25) is 24.9 Å². The van der Waals surface area contributed by atoms with Gasteiger partial charge in [-0.1, -0.05) is 24.3 Å². The number of pyridine rings is 2. The highest BCUT2D eigenvalue weighted by molar-refractivity contribution is 5.94. The molecule has 2 fully saturated rings. The lowest BCUT2D eigenvalue weighted by Crippen LogP contribution is -2.64. The van der Waals surface area contributed by atoms with Gasteiger partial charge in [0.05, 0.1) is 23.4 Å². The lowest BCUT2D eigenvalue weighted by molar-refractivity contribution is -0.202. The van der Waals surface area contributed by atoms with Gasteiger partial charge in [-0.2, -0.15) is 26.3 Å². The number of piperazine rings is 1. The Hall–Kier alpha value is -4.44. The van der Waals surface area contributed by atoms with Crippen molar-refractivity contribution in [3.8, 4) is 5.75 Å². The van der Waals surface area contributed by atoms with E-state index in [1.54, 1.807) is 26.8 Å². The Labute approximate surface area is 259 Å². The predicted molar refractivity (Wildman–Crippen MR) is 151 cm³/mol. The lowest BCUT2D eigenvalue weighted by Gasteiger charge is -2.40. The Bertz CT molecular complexity index is 1580. The maximum atomic E-state index is 14.0. The van der Waals surface area contributed by atoms with Crippen molar-refractivity contribution in [2.75, 3.05) is 44.2 Å². The minimum atomic E-state index is -4.75. The summed E-state index contributed by atoms with van der Waals surface area (Å²) in [6.45, 7) is 1.33. The maximum Gasteiger partial charge on any atom is 0.417 e. The number of fused-ring (bicyclic) bond motifs is 1. The minimum absolute atomic E-state index is 0.0577. The van der Waals surface area contributed by atoms with Gasteiger partial charge in [0.1, 0.15) is 18.2 Å². The molecule has 0 radical (unpaired) electrons. The standard InChI is InChI=1S/C30H29F6N7O3/c31-29(32,33)20-5-6-25(38-13-20)41-7-9-42(10-8-41)28(45)19-11-21(14-37-12-19)46-17-24-22-4-2-1-3-18(22)16-43(24)23-15-39-40-27(44)26(23)30(34,35)36/h1-6,11-14,23-24,26,39H,7-10,15-17H2,(H,40,44)/t23?,24-,26?/m0/s1. The number of hydrazine groups is 1. The molecule has 0 spiro atoms. The molecular formula is C30H29F6N7O3. The van der Waals surface area contributed by atoms with E-state index in [0.29, 0.717) is 32.0 Å². The van der Waals surface area contributed by atoms with Crippen molar-refractivity contribution in [1.82, 2.24) is 30.6 Å². The molecule has 3 aliphatic rings. The molecule has 2 aromatic heterocycles. The zero-order chi connectivity index (χ0) is 32.6. The van der Waals surface area contributed by atoms with Gasteiger partial charge in [-0.05, 0) is 29.3 Å². The Morgan fingerprint density at radius 2 is 1.74 bits per heavy atom. The van der Waals surface area contributed by atoms with Crippen molar-refractivity contribution < 1.29 is 40.7 Å². The molecular weight excluding hydrogens is 620 g/mol. The quantitative estimate of drug-likeness (QED) is 0.391. The molecule has 6 rings (SSSR count). The maximum absolute atomic E-state index is 14.0. The van der Waals surface area contributed by atoms with E-state index < -0.39 is 41.8 Å². The van der Waals surface area contributed by atoms with Gasteiger partial charge in [0, 0.05) is 57.7 Å². The molecule has 3 aromatic rings. The third kappa shape index (κ3) is 6.44. The number of aromatic nitrogens is 2. The Morgan fingerprint density at radius 3 is 2.43 bits per heavy atom. The second-order valence-corrected chi connectivity index (χ2v) is 11.2. The topological polar surface area (TPSA) is 103 Å². The summed E-state index contributed by atoms with van der Waals surface area (Å²) >= 11 is 0. The summed E-state index contributed by atoms with van der Waals surface area (Å²) in [4.78, 5) is 38.7. The molecule has 0 aliphatic carbocycles. The molecule has 0 saturated carbocycles. The van der Waals surface area contributed by atoms with Gasteiger partial charge in [0.2, 0.25) is 5.91 Å². The highest BCUT2D eigenvalue weighted by atomic mass is 19.4. The third-order valence-corrected chi connectivity index (χ3v) is 8.47. The average molecular weight is 650 g/mol. The Morgan fingerprint density at radius 1 is 0.978 bits per heavy atom. The summed E-state index contributed by atoms with van der Waals surface area (Å²) in [6.07, 6.45) is -5.66. The van der Waals surface area contributed by atoms with Gasteiger partial charge in [-0.25, -0.2) is 10.4 Å². The lowest BCUT2D eigenvalue weighted by atomic mass is 9.94. The van der Waals surface area contributed by atoms with Crippen molar-refractivity contribution in [2.45, 2.75) is 31.0 Å². The number of amides is 2. The Balaban J connectivity index is 1.12. The van der Waals surface area contributed by atoms with E-state index in [9.17, 15) is 35.9 Å². The number of alkyl halides is 6. The molecule has 2 N–H and O–H groups in total. The zero-order valence-electron chi connectivity index (χ0n) is 24.2. The summed E-state index contributed by atoms with van der Waals surface area (Å²) in [7, 11) is 0. The van der Waals surface area contributed by atoms with Crippen LogP contribution < -0.4 is 20.5 Å². The number of hydrogen-bond donors (Lipinski definition) is 2. The number of carbonyl (C=O) groups is 2. The summed E-state index contributed by atoms with van der Waals surface area (Å²) in [5.74, 6) is -3.08. The van der Waals surface area contributed by atoms with E-state index in [-0.39, 0.29) is 36.9 Å². The fraction of sp³-hybridized carbons (Fsp3) is 0.400. The van der Waals surface area contributed by atoms with E-state index in [0.717, 1.165) is 23.4 Å². The van der Waals surface area contributed by atoms with Crippen molar-refractivity contribution >= 4 is 17.6 Å². The molecule has 3 atom stereocenters. The first-order valence-electron chi connectivity index (χ1n) is 14.5. The van der Waals surface area contributed by atoms with Crippen LogP contribution in [0.3, 0.4) is 0 Å². The molecule has 10 nitrogen and oxygen atoms in total. The molecule has 0 bridgehead atoms. The molecule has 46 heavy (non-hydrogen) atoms. The number of rotatable bonds is 6. The molecule has 5 heterocycles. The molecule has 1 aromatic carbocycles. The highest BCUT2D eigenvalue weighted by Crippen LogP contribution is 2.41. The summed E-state index contributed by atoms with van der Waals surface area (Å²) in [5, 5.41) is 0. The Kier molecular flexibility index (Phi) is 8.50. The van der Waals surface area contributed by atoms with Gasteiger partial charge < -0.3 is 14.5 Å². The van der Waals surface area contributed by atoms with Crippen LogP contribution in [0.4, 0.5) is 32.2 Å². The van der Waals surface area contributed by atoms with Gasteiger partial charge in [0.15, 0.2) is 5.92 Å². The van der Waals surface area contributed by atoms with Crippen LogP contribution in [0.1, 0.15) is 33.1 Å². The molecule has 2 unspecified atom stereocenters. The van der Waals surface area contributed by atoms with Gasteiger partial charge >= 0.3 is 12.4 Å². The van der Waals surface area contributed by atoms with E-state index in [1.165, 1.54) is 24.5 Å². The van der Waals surface area contributed by atoms with Crippen LogP contribution in [0.2, 0.25) is 0 Å². The number of anilines is 1. The minimum Gasteiger partial charge on any atom is -0.490 e. The van der Waals surface area contributed by atoms with E-state index >= 15 is 0 Å². The average Bonchev–Trinajstić information content (AvgIpc) is 3.41. The first-order chi connectivity index (χ1) is 21.9. The number of hydrogen-bond acceptors (Lipinski definition) is 8. The van der Waals surface area contributed by atoms with Gasteiger partial charge in [0.25, 0.3) is 5.91 Å². The number of ether oxygens (including phenoxy) is 1. The number of benzene rings is 1. The van der Waals surface area contributed by atoms with E-state index in [2.05, 4.69) is 20.8 Å². The van der Waals surface area contributed by atoms with Crippen LogP contribution in [-0.4, -0.2) is 83.1 Å². The molecule has 3 aliphatic heterocycles. The van der Waals surface area contributed by atoms with Gasteiger partial charge in [-0.15, -0.1) is 0 Å². The SMILES string of the molecule is O=C1NNCC(N2Cc3ccccc3[C@@H]2COc2cncc(C(=O)N3CCN(c4ccc(C(F)(F)F)cn4)CC3)c2)C1C(F)(F)F. The normalized spacial score (nSPS) is 22.4. The van der Waals surface area contributed by atoms with Crippen molar-refractivity contribution in [2.24, 2.45) is 5.92 Å². The monoisotopic (exact) mass is 649 g/mol. The fourth-order valence-corrected chi connectivity index (χ4v) is 6.16. The highest BCUT2D eigenvalue weighted by Gasteiger charge is 2.55.